The number of anilines is 1. The van der Waals surface area contributed by atoms with Gasteiger partial charge in [-0.1, -0.05) is 12.1 Å². The minimum absolute atomic E-state index is 0.0692. The van der Waals surface area contributed by atoms with Crippen molar-refractivity contribution >= 4 is 16.7 Å². The van der Waals surface area contributed by atoms with Gasteiger partial charge >= 0.3 is 0 Å². The molecule has 5 heteroatoms. The van der Waals surface area contributed by atoms with Crippen LogP contribution < -0.4 is 5.32 Å². The first-order valence-corrected chi connectivity index (χ1v) is 7.35. The first-order chi connectivity index (χ1) is 10.2. The number of aromatic nitrogens is 2. The van der Waals surface area contributed by atoms with Crippen LogP contribution in [0.5, 0.6) is 0 Å². The number of para-hydroxylation sites is 1. The van der Waals surface area contributed by atoms with E-state index in [-0.39, 0.29) is 18.2 Å². The number of hydrogen-bond acceptors (Lipinski definition) is 5. The van der Waals surface area contributed by atoms with Crippen molar-refractivity contribution < 1.29 is 9.47 Å². The number of rotatable bonds is 5. The quantitative estimate of drug-likeness (QED) is 0.916. The first-order valence-electron chi connectivity index (χ1n) is 7.35. The van der Waals surface area contributed by atoms with Gasteiger partial charge in [0.25, 0.3) is 0 Å². The molecule has 3 rings (SSSR count). The van der Waals surface area contributed by atoms with Gasteiger partial charge in [0.1, 0.15) is 18.2 Å². The standard InChI is InChI=1S/C16H21N3O2/c1-4-21-13-8-12(15(13)20-3)19-16-11-7-5-6-10(2)14(11)17-9-18-16/h5-7,9,12-13,15H,4,8H2,1-3H3,(H,17,18,19)/t12-,13+,15-/m0/s1. The Balaban J connectivity index is 1.81. The topological polar surface area (TPSA) is 56.3 Å². The Kier molecular flexibility index (Phi) is 4.03. The van der Waals surface area contributed by atoms with E-state index in [0.29, 0.717) is 6.61 Å². The van der Waals surface area contributed by atoms with Gasteiger partial charge in [-0.05, 0) is 31.9 Å². The largest absolute Gasteiger partial charge is 0.377 e. The Labute approximate surface area is 124 Å². The highest BCUT2D eigenvalue weighted by molar-refractivity contribution is 5.90. The van der Waals surface area contributed by atoms with Gasteiger partial charge in [-0.3, -0.25) is 0 Å². The summed E-state index contributed by atoms with van der Waals surface area (Å²) in [4.78, 5) is 8.76. The highest BCUT2D eigenvalue weighted by atomic mass is 16.5. The van der Waals surface area contributed by atoms with Crippen LogP contribution in [0.3, 0.4) is 0 Å². The number of ether oxygens (including phenoxy) is 2. The van der Waals surface area contributed by atoms with Crippen LogP contribution in [0.2, 0.25) is 0 Å². The number of hydrogen-bond donors (Lipinski definition) is 1. The molecular formula is C16H21N3O2. The first kappa shape index (κ1) is 14.2. The number of nitrogens with one attached hydrogen (secondary N) is 1. The lowest BCUT2D eigenvalue weighted by Crippen LogP contribution is -2.56. The van der Waals surface area contributed by atoms with Gasteiger partial charge in [-0.2, -0.15) is 0 Å². The van der Waals surface area contributed by atoms with Crippen LogP contribution in [0.15, 0.2) is 24.5 Å². The fraction of sp³-hybridized carbons (Fsp3) is 0.500. The number of fused-ring (bicyclic) bond motifs is 1. The molecule has 5 nitrogen and oxygen atoms in total. The van der Waals surface area contributed by atoms with E-state index < -0.39 is 0 Å². The summed E-state index contributed by atoms with van der Waals surface area (Å²) in [5, 5.41) is 4.53. The van der Waals surface area contributed by atoms with Crippen molar-refractivity contribution in [2.24, 2.45) is 0 Å². The number of methoxy groups -OCH3 is 1. The van der Waals surface area contributed by atoms with Crippen molar-refractivity contribution in [2.75, 3.05) is 19.0 Å². The number of nitrogens with zero attached hydrogens (tertiary/aromatic N) is 2. The molecule has 21 heavy (non-hydrogen) atoms. The molecule has 0 aliphatic heterocycles. The lowest BCUT2D eigenvalue weighted by molar-refractivity contribution is -0.118. The minimum atomic E-state index is 0.0692. The highest BCUT2D eigenvalue weighted by Crippen LogP contribution is 2.31. The van der Waals surface area contributed by atoms with Crippen LogP contribution in [-0.2, 0) is 9.47 Å². The summed E-state index contributed by atoms with van der Waals surface area (Å²) >= 11 is 0. The SMILES string of the molecule is CCO[C@@H]1C[C@H](Nc2ncnc3c(C)cccc23)[C@@H]1OC. The van der Waals surface area contributed by atoms with E-state index in [1.54, 1.807) is 13.4 Å². The molecular weight excluding hydrogens is 266 g/mol. The van der Waals surface area contributed by atoms with Crippen molar-refractivity contribution in [2.45, 2.75) is 38.5 Å². The van der Waals surface area contributed by atoms with E-state index in [1.165, 1.54) is 0 Å². The summed E-state index contributed by atoms with van der Waals surface area (Å²) in [6.07, 6.45) is 2.79. The van der Waals surface area contributed by atoms with E-state index >= 15 is 0 Å². The molecule has 3 atom stereocenters. The smallest absolute Gasteiger partial charge is 0.137 e. The predicted molar refractivity (Wildman–Crippen MR) is 82.5 cm³/mol. The third-order valence-electron chi connectivity index (χ3n) is 4.09. The van der Waals surface area contributed by atoms with Gasteiger partial charge in [0, 0.05) is 19.1 Å². The molecule has 0 radical (unpaired) electrons. The Morgan fingerprint density at radius 2 is 2.19 bits per heavy atom. The predicted octanol–water partition coefficient (Wildman–Crippen LogP) is 2.54. The van der Waals surface area contributed by atoms with Gasteiger partial charge < -0.3 is 14.8 Å². The molecule has 1 aromatic carbocycles. The Morgan fingerprint density at radius 1 is 1.33 bits per heavy atom. The molecule has 1 saturated carbocycles. The zero-order valence-corrected chi connectivity index (χ0v) is 12.7. The molecule has 0 spiro atoms. The molecule has 1 N–H and O–H groups in total. The van der Waals surface area contributed by atoms with Crippen molar-refractivity contribution in [3.05, 3.63) is 30.1 Å². The summed E-state index contributed by atoms with van der Waals surface area (Å²) in [6, 6.07) is 6.37. The third-order valence-corrected chi connectivity index (χ3v) is 4.09. The molecule has 1 aliphatic carbocycles. The van der Waals surface area contributed by atoms with Crippen LogP contribution in [-0.4, -0.2) is 41.9 Å². The monoisotopic (exact) mass is 287 g/mol. The summed E-state index contributed by atoms with van der Waals surface area (Å²) in [7, 11) is 1.73. The van der Waals surface area contributed by atoms with E-state index in [9.17, 15) is 0 Å². The zero-order valence-electron chi connectivity index (χ0n) is 12.7. The molecule has 1 fully saturated rings. The van der Waals surface area contributed by atoms with Crippen LogP contribution in [0.1, 0.15) is 18.9 Å². The van der Waals surface area contributed by atoms with Gasteiger partial charge in [-0.15, -0.1) is 0 Å². The highest BCUT2D eigenvalue weighted by Gasteiger charge is 2.42. The van der Waals surface area contributed by atoms with E-state index in [2.05, 4.69) is 28.3 Å². The second-order valence-electron chi connectivity index (χ2n) is 5.37. The average Bonchev–Trinajstić information content (AvgIpc) is 2.47. The van der Waals surface area contributed by atoms with Gasteiger partial charge in [0.05, 0.1) is 17.7 Å². The summed E-state index contributed by atoms with van der Waals surface area (Å²) in [6.45, 7) is 4.78. The molecule has 0 amide bonds. The minimum Gasteiger partial charge on any atom is -0.377 e. The average molecular weight is 287 g/mol. The molecule has 0 saturated heterocycles. The van der Waals surface area contributed by atoms with Crippen LogP contribution in [0, 0.1) is 6.92 Å². The molecule has 1 aromatic heterocycles. The van der Waals surface area contributed by atoms with Crippen molar-refractivity contribution in [1.82, 2.24) is 9.97 Å². The fourth-order valence-electron chi connectivity index (χ4n) is 2.94. The van der Waals surface area contributed by atoms with Crippen LogP contribution in [0.25, 0.3) is 10.9 Å². The van der Waals surface area contributed by atoms with Crippen molar-refractivity contribution in [3.63, 3.8) is 0 Å². The molecule has 1 aliphatic rings. The molecule has 1 heterocycles. The third kappa shape index (κ3) is 2.59. The van der Waals surface area contributed by atoms with Gasteiger partial charge in [0.15, 0.2) is 0 Å². The zero-order chi connectivity index (χ0) is 14.8. The second-order valence-corrected chi connectivity index (χ2v) is 5.37. The van der Waals surface area contributed by atoms with Crippen molar-refractivity contribution in [1.29, 1.82) is 0 Å². The number of benzene rings is 1. The maximum atomic E-state index is 5.66. The molecule has 0 unspecified atom stereocenters. The van der Waals surface area contributed by atoms with Gasteiger partial charge in [0.2, 0.25) is 0 Å². The lowest BCUT2D eigenvalue weighted by Gasteiger charge is -2.43. The van der Waals surface area contributed by atoms with Gasteiger partial charge in [-0.25, -0.2) is 9.97 Å². The Morgan fingerprint density at radius 3 is 2.95 bits per heavy atom. The summed E-state index contributed by atoms with van der Waals surface area (Å²) in [5.74, 6) is 0.866. The second kappa shape index (κ2) is 5.95. The maximum absolute atomic E-state index is 5.66. The Bertz CT molecular complexity index is 632. The normalized spacial score (nSPS) is 24.8. The van der Waals surface area contributed by atoms with Crippen LogP contribution in [0.4, 0.5) is 5.82 Å². The summed E-state index contributed by atoms with van der Waals surface area (Å²) < 4.78 is 11.2. The molecule has 112 valence electrons. The number of aryl methyl sites for hydroxylation is 1. The lowest BCUT2D eigenvalue weighted by atomic mass is 9.85. The fourth-order valence-corrected chi connectivity index (χ4v) is 2.94. The molecule has 2 aromatic rings. The van der Waals surface area contributed by atoms with Crippen molar-refractivity contribution in [3.8, 4) is 0 Å². The van der Waals surface area contributed by atoms with E-state index in [1.807, 2.05) is 19.1 Å². The van der Waals surface area contributed by atoms with E-state index in [4.69, 9.17) is 9.47 Å². The summed E-state index contributed by atoms with van der Waals surface area (Å²) in [5.41, 5.74) is 2.15. The maximum Gasteiger partial charge on any atom is 0.137 e. The molecule has 0 bridgehead atoms. The van der Waals surface area contributed by atoms with E-state index in [0.717, 1.165) is 28.7 Å². The van der Waals surface area contributed by atoms with Crippen LogP contribution >= 0.6 is 0 Å². The Hall–Kier alpha value is -1.72.